The largest absolute Gasteiger partial charge is 0.466 e. The minimum atomic E-state index is -0.654. The molecule has 0 saturated heterocycles. The molecular weight excluding hydrogens is 308 g/mol. The molecule has 0 saturated carbocycles. The van der Waals surface area contributed by atoms with E-state index in [0.717, 1.165) is 16.8 Å². The molecule has 6 heteroatoms. The zero-order valence-corrected chi connectivity index (χ0v) is 14.4. The van der Waals surface area contributed by atoms with Crippen molar-refractivity contribution < 1.29 is 19.1 Å². The molecule has 0 aliphatic heterocycles. The van der Waals surface area contributed by atoms with E-state index in [-0.39, 0.29) is 17.6 Å². The third-order valence-corrected chi connectivity index (χ3v) is 3.36. The van der Waals surface area contributed by atoms with E-state index in [1.165, 1.54) is 20.1 Å². The number of hydrogen-bond donors (Lipinski definition) is 1. The topological polar surface area (TPSA) is 88.4 Å². The smallest absolute Gasteiger partial charge is 0.348 e. The Bertz CT molecular complexity index is 674. The highest BCUT2D eigenvalue weighted by atomic mass is 16.5. The lowest BCUT2D eigenvalue weighted by molar-refractivity contribution is -0.141. The number of carbonyl (C=O) groups is 2. The molecule has 0 aromatic heterocycles. The van der Waals surface area contributed by atoms with Crippen LogP contribution in [0.1, 0.15) is 31.4 Å². The number of nitrogens with one attached hydrogen (secondary N) is 1. The van der Waals surface area contributed by atoms with E-state index < -0.39 is 5.97 Å². The molecule has 0 radical (unpaired) electrons. The van der Waals surface area contributed by atoms with Crippen LogP contribution in [0.4, 0.5) is 5.69 Å². The van der Waals surface area contributed by atoms with Gasteiger partial charge >= 0.3 is 11.9 Å². The van der Waals surface area contributed by atoms with E-state index in [4.69, 9.17) is 10.00 Å². The van der Waals surface area contributed by atoms with Crippen LogP contribution in [0.3, 0.4) is 0 Å². The van der Waals surface area contributed by atoms with Crippen LogP contribution in [0.2, 0.25) is 0 Å². The number of rotatable bonds is 7. The van der Waals surface area contributed by atoms with E-state index in [2.05, 4.69) is 10.1 Å². The predicted molar refractivity (Wildman–Crippen MR) is 91.1 cm³/mol. The van der Waals surface area contributed by atoms with E-state index in [0.29, 0.717) is 13.0 Å². The van der Waals surface area contributed by atoms with Crippen molar-refractivity contribution >= 4 is 23.7 Å². The zero-order valence-electron chi connectivity index (χ0n) is 14.4. The lowest BCUT2D eigenvalue weighted by Gasteiger charge is -2.16. The molecule has 128 valence electrons. The molecule has 6 nitrogen and oxygen atoms in total. The van der Waals surface area contributed by atoms with Gasteiger partial charge in [0.25, 0.3) is 0 Å². The first kappa shape index (κ1) is 19.2. The summed E-state index contributed by atoms with van der Waals surface area (Å²) in [5, 5.41) is 12.3. The Labute approximate surface area is 142 Å². The summed E-state index contributed by atoms with van der Waals surface area (Å²) >= 11 is 0. The molecule has 1 aromatic rings. The van der Waals surface area contributed by atoms with Gasteiger partial charge in [0.05, 0.1) is 13.7 Å². The molecule has 0 aliphatic carbocycles. The molecule has 1 aromatic carbocycles. The second-order valence-electron chi connectivity index (χ2n) is 5.41. The summed E-state index contributed by atoms with van der Waals surface area (Å²) in [6.07, 6.45) is 2.20. The van der Waals surface area contributed by atoms with Gasteiger partial charge in [-0.2, -0.15) is 5.26 Å². The van der Waals surface area contributed by atoms with Gasteiger partial charge in [-0.15, -0.1) is 0 Å². The van der Waals surface area contributed by atoms with Crippen LogP contribution in [-0.4, -0.2) is 31.7 Å². The molecule has 1 rings (SSSR count). The van der Waals surface area contributed by atoms with Crippen LogP contribution < -0.4 is 5.32 Å². The number of anilines is 1. The molecule has 24 heavy (non-hydrogen) atoms. The van der Waals surface area contributed by atoms with E-state index in [9.17, 15) is 9.59 Å². The summed E-state index contributed by atoms with van der Waals surface area (Å²) in [7, 11) is 1.24. The number of nitriles is 1. The van der Waals surface area contributed by atoms with Gasteiger partial charge in [0, 0.05) is 25.1 Å². The number of methoxy groups -OCH3 is 1. The second kappa shape index (κ2) is 9.36. The van der Waals surface area contributed by atoms with Gasteiger partial charge in [0.2, 0.25) is 0 Å². The lowest BCUT2D eigenvalue weighted by Crippen LogP contribution is -2.18. The molecule has 0 bridgehead atoms. The molecule has 0 spiro atoms. The van der Waals surface area contributed by atoms with Crippen molar-refractivity contribution in [2.45, 2.75) is 33.2 Å². The summed E-state index contributed by atoms with van der Waals surface area (Å²) in [5.41, 5.74) is 2.56. The summed E-state index contributed by atoms with van der Waals surface area (Å²) in [4.78, 5) is 22.2. The Morgan fingerprint density at radius 3 is 2.67 bits per heavy atom. The van der Waals surface area contributed by atoms with Crippen molar-refractivity contribution in [3.63, 3.8) is 0 Å². The van der Waals surface area contributed by atoms with Crippen LogP contribution in [-0.2, 0) is 19.1 Å². The molecule has 1 N–H and O–H groups in total. The van der Waals surface area contributed by atoms with Crippen LogP contribution in [0, 0.1) is 18.3 Å². The Morgan fingerprint density at radius 2 is 2.12 bits per heavy atom. The van der Waals surface area contributed by atoms with Gasteiger partial charge in [0.1, 0.15) is 11.6 Å². The lowest BCUT2D eigenvalue weighted by atomic mass is 10.0. The molecule has 1 atom stereocenters. The summed E-state index contributed by atoms with van der Waals surface area (Å²) in [6, 6.07) is 7.60. The standard InChI is InChI=1S/C18H22N2O4/c1-12-9-17(20-13(2)7-8-24-14(3)21)6-5-15(12)10-16(11-19)18(22)23-4/h5-6,9-10,13,20H,7-8H2,1-4H3. The number of nitrogens with zero attached hydrogens (tertiary/aromatic N) is 1. The summed E-state index contributed by atoms with van der Waals surface area (Å²) in [6.45, 7) is 5.65. The molecule has 0 aliphatic rings. The Hall–Kier alpha value is -2.81. The van der Waals surface area contributed by atoms with Gasteiger partial charge < -0.3 is 14.8 Å². The zero-order chi connectivity index (χ0) is 18.1. The molecule has 0 heterocycles. The van der Waals surface area contributed by atoms with Crippen LogP contribution in [0.25, 0.3) is 6.08 Å². The van der Waals surface area contributed by atoms with Crippen LogP contribution in [0.15, 0.2) is 23.8 Å². The minimum absolute atomic E-state index is 0.0453. The minimum Gasteiger partial charge on any atom is -0.466 e. The Balaban J connectivity index is 2.77. The van der Waals surface area contributed by atoms with Gasteiger partial charge in [-0.3, -0.25) is 4.79 Å². The number of ether oxygens (including phenoxy) is 2. The van der Waals surface area contributed by atoms with Crippen molar-refractivity contribution in [2.24, 2.45) is 0 Å². The Kier molecular flexibility index (Phi) is 7.50. The van der Waals surface area contributed by atoms with Gasteiger partial charge in [-0.25, -0.2) is 4.79 Å². The van der Waals surface area contributed by atoms with Crippen LogP contribution in [0.5, 0.6) is 0 Å². The van der Waals surface area contributed by atoms with E-state index in [1.54, 1.807) is 0 Å². The van der Waals surface area contributed by atoms with Gasteiger partial charge in [-0.1, -0.05) is 6.07 Å². The molecule has 0 amide bonds. The number of esters is 2. The number of hydrogen-bond acceptors (Lipinski definition) is 6. The quantitative estimate of drug-likeness (QED) is 0.470. The average Bonchev–Trinajstić information content (AvgIpc) is 2.53. The van der Waals surface area contributed by atoms with E-state index in [1.807, 2.05) is 38.1 Å². The fraction of sp³-hybridized carbons (Fsp3) is 0.389. The van der Waals surface area contributed by atoms with Crippen molar-refractivity contribution in [1.82, 2.24) is 0 Å². The SMILES string of the molecule is COC(=O)C(C#N)=Cc1ccc(NC(C)CCOC(C)=O)cc1C. The maximum Gasteiger partial charge on any atom is 0.348 e. The highest BCUT2D eigenvalue weighted by Gasteiger charge is 2.10. The fourth-order valence-corrected chi connectivity index (χ4v) is 2.07. The first-order valence-electron chi connectivity index (χ1n) is 7.58. The van der Waals surface area contributed by atoms with Crippen LogP contribution >= 0.6 is 0 Å². The highest BCUT2D eigenvalue weighted by molar-refractivity contribution is 5.98. The first-order chi connectivity index (χ1) is 11.4. The third-order valence-electron chi connectivity index (χ3n) is 3.36. The van der Waals surface area contributed by atoms with Crippen molar-refractivity contribution in [2.75, 3.05) is 19.0 Å². The number of carbonyl (C=O) groups excluding carboxylic acids is 2. The van der Waals surface area contributed by atoms with Gasteiger partial charge in [-0.05, 0) is 43.2 Å². The van der Waals surface area contributed by atoms with E-state index >= 15 is 0 Å². The number of aryl methyl sites for hydroxylation is 1. The number of benzene rings is 1. The fourth-order valence-electron chi connectivity index (χ4n) is 2.07. The normalized spacial score (nSPS) is 12.0. The van der Waals surface area contributed by atoms with Crippen molar-refractivity contribution in [1.29, 1.82) is 5.26 Å². The Morgan fingerprint density at radius 1 is 1.42 bits per heavy atom. The predicted octanol–water partition coefficient (Wildman–Crippen LogP) is 2.83. The van der Waals surface area contributed by atoms with Gasteiger partial charge in [0.15, 0.2) is 0 Å². The maximum atomic E-state index is 11.5. The molecule has 0 fully saturated rings. The first-order valence-corrected chi connectivity index (χ1v) is 7.58. The molecular formula is C18H22N2O4. The second-order valence-corrected chi connectivity index (χ2v) is 5.41. The monoisotopic (exact) mass is 330 g/mol. The van der Waals surface area contributed by atoms with Crippen molar-refractivity contribution in [3.8, 4) is 6.07 Å². The summed E-state index contributed by atoms with van der Waals surface area (Å²) in [5.74, 6) is -0.939. The maximum absolute atomic E-state index is 11.5. The highest BCUT2D eigenvalue weighted by Crippen LogP contribution is 2.19. The molecule has 1 unspecified atom stereocenters. The average molecular weight is 330 g/mol. The summed E-state index contributed by atoms with van der Waals surface area (Å²) < 4.78 is 9.49. The van der Waals surface area contributed by atoms with Crippen molar-refractivity contribution in [3.05, 3.63) is 34.9 Å². The third kappa shape index (κ3) is 6.13.